The standard InChI is InChI=1S/C11H8N4S/c12-11-13-4-3-8(15-11)7-1-2-9-10(5-7)16-6-14-9/h1-6H,(H2,12,13,15). The molecule has 0 radical (unpaired) electrons. The molecule has 1 aromatic carbocycles. The summed E-state index contributed by atoms with van der Waals surface area (Å²) in [5.41, 5.74) is 10.3. The summed E-state index contributed by atoms with van der Waals surface area (Å²) in [4.78, 5) is 12.3. The van der Waals surface area contributed by atoms with E-state index >= 15 is 0 Å². The van der Waals surface area contributed by atoms with Crippen LogP contribution in [0, 0.1) is 0 Å². The zero-order valence-electron chi connectivity index (χ0n) is 8.29. The van der Waals surface area contributed by atoms with Gasteiger partial charge in [-0.05, 0) is 18.2 Å². The van der Waals surface area contributed by atoms with E-state index < -0.39 is 0 Å². The Morgan fingerprint density at radius 1 is 1.12 bits per heavy atom. The topological polar surface area (TPSA) is 64.7 Å². The molecule has 3 aromatic rings. The third-order valence-electron chi connectivity index (χ3n) is 2.30. The van der Waals surface area contributed by atoms with Gasteiger partial charge in [0, 0.05) is 11.8 Å². The van der Waals surface area contributed by atoms with Crippen molar-refractivity contribution in [3.8, 4) is 11.3 Å². The van der Waals surface area contributed by atoms with Gasteiger partial charge in [-0.15, -0.1) is 11.3 Å². The number of hydrogen-bond donors (Lipinski definition) is 1. The van der Waals surface area contributed by atoms with Gasteiger partial charge in [0.1, 0.15) is 0 Å². The number of nitrogen functional groups attached to an aromatic ring is 1. The summed E-state index contributed by atoms with van der Waals surface area (Å²) in [7, 11) is 0. The summed E-state index contributed by atoms with van der Waals surface area (Å²) in [6.45, 7) is 0. The number of anilines is 1. The fourth-order valence-corrected chi connectivity index (χ4v) is 2.27. The fourth-order valence-electron chi connectivity index (χ4n) is 1.55. The smallest absolute Gasteiger partial charge is 0.220 e. The maximum atomic E-state index is 5.56. The van der Waals surface area contributed by atoms with Crippen LogP contribution in [0.3, 0.4) is 0 Å². The Morgan fingerprint density at radius 2 is 2.06 bits per heavy atom. The first-order valence-corrected chi connectivity index (χ1v) is 5.63. The van der Waals surface area contributed by atoms with Gasteiger partial charge in [-0.3, -0.25) is 0 Å². The van der Waals surface area contributed by atoms with Crippen LogP contribution in [0.4, 0.5) is 5.95 Å². The molecule has 0 spiro atoms. The number of nitrogens with two attached hydrogens (primary N) is 1. The normalized spacial score (nSPS) is 10.8. The van der Waals surface area contributed by atoms with Crippen LogP contribution in [0.1, 0.15) is 0 Å². The van der Waals surface area contributed by atoms with Gasteiger partial charge in [0.15, 0.2) is 0 Å². The highest BCUT2D eigenvalue weighted by atomic mass is 32.1. The van der Waals surface area contributed by atoms with Crippen molar-refractivity contribution in [1.82, 2.24) is 15.0 Å². The molecule has 4 nitrogen and oxygen atoms in total. The maximum Gasteiger partial charge on any atom is 0.220 e. The summed E-state index contributed by atoms with van der Waals surface area (Å²) < 4.78 is 1.15. The molecule has 2 aromatic heterocycles. The van der Waals surface area contributed by atoms with Crippen LogP contribution < -0.4 is 5.73 Å². The Labute approximate surface area is 95.8 Å². The number of aromatic nitrogens is 3. The summed E-state index contributed by atoms with van der Waals surface area (Å²) >= 11 is 1.61. The molecule has 0 aliphatic heterocycles. The van der Waals surface area contributed by atoms with Crippen LogP contribution in [0.5, 0.6) is 0 Å². The maximum absolute atomic E-state index is 5.56. The molecule has 16 heavy (non-hydrogen) atoms. The highest BCUT2D eigenvalue weighted by Crippen LogP contribution is 2.24. The third-order valence-corrected chi connectivity index (χ3v) is 3.09. The number of thiazole rings is 1. The number of nitrogens with zero attached hydrogens (tertiary/aromatic N) is 3. The van der Waals surface area contributed by atoms with E-state index in [1.165, 1.54) is 0 Å². The SMILES string of the molecule is Nc1nccc(-c2ccc3ncsc3c2)n1. The molecule has 2 N–H and O–H groups in total. The highest BCUT2D eigenvalue weighted by molar-refractivity contribution is 7.16. The summed E-state index contributed by atoms with van der Waals surface area (Å²) in [6.07, 6.45) is 1.66. The third kappa shape index (κ3) is 1.51. The Morgan fingerprint density at radius 3 is 2.94 bits per heavy atom. The molecule has 0 aliphatic carbocycles. The molecule has 0 unspecified atom stereocenters. The molecule has 0 fully saturated rings. The van der Waals surface area contributed by atoms with Crippen molar-refractivity contribution in [2.45, 2.75) is 0 Å². The first-order valence-electron chi connectivity index (χ1n) is 4.75. The molecule has 5 heteroatoms. The monoisotopic (exact) mass is 228 g/mol. The van der Waals surface area contributed by atoms with Crippen molar-refractivity contribution in [3.63, 3.8) is 0 Å². The van der Waals surface area contributed by atoms with Crippen LogP contribution >= 0.6 is 11.3 Å². The number of rotatable bonds is 1. The molecule has 0 bridgehead atoms. The first-order chi connectivity index (χ1) is 7.83. The van der Waals surface area contributed by atoms with Gasteiger partial charge in [-0.25, -0.2) is 15.0 Å². The molecule has 2 heterocycles. The van der Waals surface area contributed by atoms with E-state index in [2.05, 4.69) is 21.0 Å². The Balaban J connectivity index is 2.18. The van der Waals surface area contributed by atoms with Gasteiger partial charge in [0.05, 0.1) is 21.4 Å². The Hall–Kier alpha value is -2.01. The zero-order chi connectivity index (χ0) is 11.0. The number of fused-ring (bicyclic) bond motifs is 1. The Kier molecular flexibility index (Phi) is 2.04. The van der Waals surface area contributed by atoms with Gasteiger partial charge in [0.25, 0.3) is 0 Å². The molecule has 78 valence electrons. The molecule has 3 rings (SSSR count). The molecule has 0 saturated heterocycles. The number of hydrogen-bond acceptors (Lipinski definition) is 5. The lowest BCUT2D eigenvalue weighted by molar-refractivity contribution is 1.19. The minimum absolute atomic E-state index is 0.293. The van der Waals surface area contributed by atoms with Crippen LogP contribution in [0.2, 0.25) is 0 Å². The van der Waals surface area contributed by atoms with Crippen molar-refractivity contribution < 1.29 is 0 Å². The average molecular weight is 228 g/mol. The second-order valence-electron chi connectivity index (χ2n) is 3.33. The summed E-state index contributed by atoms with van der Waals surface area (Å²) in [5.74, 6) is 0.293. The summed E-state index contributed by atoms with van der Waals surface area (Å²) in [5, 5.41) is 0. The van der Waals surface area contributed by atoms with Gasteiger partial charge < -0.3 is 5.73 Å². The van der Waals surface area contributed by atoms with Crippen molar-refractivity contribution in [3.05, 3.63) is 36.0 Å². The average Bonchev–Trinajstić information content (AvgIpc) is 2.75. The van der Waals surface area contributed by atoms with Crippen molar-refractivity contribution in [1.29, 1.82) is 0 Å². The molecular weight excluding hydrogens is 220 g/mol. The van der Waals surface area contributed by atoms with Gasteiger partial charge >= 0.3 is 0 Å². The van der Waals surface area contributed by atoms with Crippen molar-refractivity contribution in [2.75, 3.05) is 5.73 Å². The van der Waals surface area contributed by atoms with Crippen LogP contribution in [0.25, 0.3) is 21.5 Å². The largest absolute Gasteiger partial charge is 0.368 e. The molecule has 0 aliphatic rings. The second-order valence-corrected chi connectivity index (χ2v) is 4.22. The van der Waals surface area contributed by atoms with Crippen LogP contribution in [0.15, 0.2) is 36.0 Å². The zero-order valence-corrected chi connectivity index (χ0v) is 9.11. The second kappa shape index (κ2) is 3.53. The van der Waals surface area contributed by atoms with Crippen LogP contribution in [-0.2, 0) is 0 Å². The van der Waals surface area contributed by atoms with E-state index in [4.69, 9.17) is 5.73 Å². The van der Waals surface area contributed by atoms with E-state index in [0.717, 1.165) is 21.5 Å². The molecule has 0 amide bonds. The molecule has 0 atom stereocenters. The van der Waals surface area contributed by atoms with Gasteiger partial charge in [-0.1, -0.05) is 6.07 Å². The van der Waals surface area contributed by atoms with E-state index in [-0.39, 0.29) is 0 Å². The predicted molar refractivity (Wildman–Crippen MR) is 65.1 cm³/mol. The lowest BCUT2D eigenvalue weighted by Gasteiger charge is -2.00. The van der Waals surface area contributed by atoms with Crippen molar-refractivity contribution in [2.24, 2.45) is 0 Å². The predicted octanol–water partition coefficient (Wildman–Crippen LogP) is 2.34. The lowest BCUT2D eigenvalue weighted by atomic mass is 10.1. The minimum Gasteiger partial charge on any atom is -0.368 e. The van der Waals surface area contributed by atoms with Gasteiger partial charge in [0.2, 0.25) is 5.95 Å². The minimum atomic E-state index is 0.293. The first kappa shape index (κ1) is 9.23. The quantitative estimate of drug-likeness (QED) is 0.694. The van der Waals surface area contributed by atoms with Crippen LogP contribution in [-0.4, -0.2) is 15.0 Å². The van der Waals surface area contributed by atoms with Crippen molar-refractivity contribution >= 4 is 27.5 Å². The fraction of sp³-hybridized carbons (Fsp3) is 0. The molecule has 0 saturated carbocycles. The van der Waals surface area contributed by atoms with E-state index in [1.54, 1.807) is 17.5 Å². The number of benzene rings is 1. The Bertz CT molecular complexity index is 647. The van der Waals surface area contributed by atoms with Gasteiger partial charge in [-0.2, -0.15) is 0 Å². The van der Waals surface area contributed by atoms with E-state index in [0.29, 0.717) is 5.95 Å². The van der Waals surface area contributed by atoms with E-state index in [1.807, 2.05) is 23.7 Å². The van der Waals surface area contributed by atoms with E-state index in [9.17, 15) is 0 Å². The lowest BCUT2D eigenvalue weighted by Crippen LogP contribution is -1.94. The molecular formula is C11H8N4S. The highest BCUT2D eigenvalue weighted by Gasteiger charge is 2.03. The summed E-state index contributed by atoms with van der Waals surface area (Å²) in [6, 6.07) is 7.89.